The highest BCUT2D eigenvalue weighted by Gasteiger charge is 2.41. The van der Waals surface area contributed by atoms with Crippen molar-refractivity contribution in [1.29, 1.82) is 0 Å². The molecule has 0 bridgehead atoms. The van der Waals surface area contributed by atoms with Crippen LogP contribution in [0, 0.1) is 12.3 Å². The largest absolute Gasteiger partial charge is 0.327 e. The summed E-state index contributed by atoms with van der Waals surface area (Å²) in [6.07, 6.45) is 8.16. The number of alkyl halides is 1. The normalized spacial score (nSPS) is 35.9. The molecule has 2 heteroatoms. The lowest BCUT2D eigenvalue weighted by molar-refractivity contribution is 0.0335. The second-order valence-corrected chi connectivity index (χ2v) is 3.38. The van der Waals surface area contributed by atoms with Crippen molar-refractivity contribution in [2.75, 3.05) is 0 Å². The lowest BCUT2D eigenvalue weighted by Crippen LogP contribution is -2.48. The van der Waals surface area contributed by atoms with Crippen molar-refractivity contribution < 1.29 is 4.39 Å². The summed E-state index contributed by atoms with van der Waals surface area (Å²) in [6, 6.07) is 0.0887. The van der Waals surface area contributed by atoms with Gasteiger partial charge < -0.3 is 5.73 Å². The van der Waals surface area contributed by atoms with Crippen LogP contribution in [0.25, 0.3) is 0 Å². The van der Waals surface area contributed by atoms with Crippen LogP contribution < -0.4 is 5.73 Å². The van der Waals surface area contributed by atoms with Gasteiger partial charge in [0.1, 0.15) is 5.67 Å². The first-order valence-corrected chi connectivity index (χ1v) is 4.04. The van der Waals surface area contributed by atoms with E-state index in [9.17, 15) is 4.39 Å². The maximum Gasteiger partial charge on any atom is 0.114 e. The topological polar surface area (TPSA) is 26.0 Å². The van der Waals surface area contributed by atoms with Crippen LogP contribution in [0.2, 0.25) is 0 Å². The minimum Gasteiger partial charge on any atom is -0.327 e. The summed E-state index contributed by atoms with van der Waals surface area (Å²) < 4.78 is 13.3. The van der Waals surface area contributed by atoms with E-state index in [2.05, 4.69) is 5.92 Å². The third-order valence-electron chi connectivity index (χ3n) is 2.20. The molecule has 0 saturated heterocycles. The van der Waals surface area contributed by atoms with Gasteiger partial charge >= 0.3 is 0 Å². The van der Waals surface area contributed by atoms with Gasteiger partial charge in [-0.1, -0.05) is 0 Å². The van der Waals surface area contributed by atoms with Crippen LogP contribution in [-0.2, 0) is 0 Å². The molecule has 0 amide bonds. The molecule has 1 saturated carbocycles. The van der Waals surface area contributed by atoms with Crippen LogP contribution in [0.3, 0.4) is 0 Å². The second kappa shape index (κ2) is 3.23. The van der Waals surface area contributed by atoms with Gasteiger partial charge in [-0.3, -0.25) is 0 Å². The number of rotatable bonds is 3. The summed E-state index contributed by atoms with van der Waals surface area (Å²) in [4.78, 5) is 0. The highest BCUT2D eigenvalue weighted by molar-refractivity contribution is 4.97. The molecule has 0 radical (unpaired) electrons. The molecule has 62 valence electrons. The first-order valence-electron chi connectivity index (χ1n) is 4.04. The molecule has 1 aliphatic rings. The van der Waals surface area contributed by atoms with E-state index in [1.165, 1.54) is 0 Å². The Bertz CT molecular complexity index is 165. The van der Waals surface area contributed by atoms with Crippen molar-refractivity contribution in [3.05, 3.63) is 0 Å². The van der Waals surface area contributed by atoms with Crippen LogP contribution in [-0.4, -0.2) is 11.7 Å². The van der Waals surface area contributed by atoms with E-state index in [-0.39, 0.29) is 6.04 Å². The molecular weight excluding hydrogens is 141 g/mol. The molecule has 0 aromatic rings. The molecule has 0 spiro atoms. The van der Waals surface area contributed by atoms with E-state index < -0.39 is 5.67 Å². The zero-order chi connectivity index (χ0) is 8.32. The van der Waals surface area contributed by atoms with Crippen molar-refractivity contribution in [3.8, 4) is 12.3 Å². The lowest BCUT2D eigenvalue weighted by Gasteiger charge is -2.39. The highest BCUT2D eigenvalue weighted by atomic mass is 19.1. The summed E-state index contributed by atoms with van der Waals surface area (Å²) in [5, 5.41) is 0. The molecule has 0 heterocycles. The summed E-state index contributed by atoms with van der Waals surface area (Å²) in [7, 11) is 0. The maximum atomic E-state index is 13.3. The minimum absolute atomic E-state index is 0.0887. The number of unbranched alkanes of at least 4 members (excludes halogenated alkanes) is 1. The Hall–Kier alpha value is -0.550. The van der Waals surface area contributed by atoms with Gasteiger partial charge in [0.15, 0.2) is 0 Å². The number of nitrogens with two attached hydrogens (primary N) is 1. The van der Waals surface area contributed by atoms with E-state index in [1.807, 2.05) is 0 Å². The average molecular weight is 155 g/mol. The molecule has 1 rings (SSSR count). The van der Waals surface area contributed by atoms with Crippen LogP contribution in [0.4, 0.5) is 4.39 Å². The number of hydrogen-bond donors (Lipinski definition) is 1. The monoisotopic (exact) mass is 155 g/mol. The predicted octanol–water partition coefficient (Wildman–Crippen LogP) is 1.62. The summed E-state index contributed by atoms with van der Waals surface area (Å²) in [5.41, 5.74) is 4.50. The van der Waals surface area contributed by atoms with Gasteiger partial charge in [0.2, 0.25) is 0 Å². The smallest absolute Gasteiger partial charge is 0.114 e. The van der Waals surface area contributed by atoms with E-state index in [0.29, 0.717) is 25.7 Å². The second-order valence-electron chi connectivity index (χ2n) is 3.38. The zero-order valence-electron chi connectivity index (χ0n) is 6.65. The molecule has 11 heavy (non-hydrogen) atoms. The first kappa shape index (κ1) is 8.55. The van der Waals surface area contributed by atoms with Crippen LogP contribution in [0.5, 0.6) is 0 Å². The summed E-state index contributed by atoms with van der Waals surface area (Å²) in [5.74, 6) is 2.50. The Kier molecular flexibility index (Phi) is 2.51. The quantitative estimate of drug-likeness (QED) is 0.486. The molecule has 1 aliphatic carbocycles. The zero-order valence-corrected chi connectivity index (χ0v) is 6.65. The SMILES string of the molecule is C#CCCCC1(F)CC(N)C1. The summed E-state index contributed by atoms with van der Waals surface area (Å²) in [6.45, 7) is 0. The fourth-order valence-corrected chi connectivity index (χ4v) is 1.59. The van der Waals surface area contributed by atoms with Gasteiger partial charge in [0, 0.05) is 12.5 Å². The van der Waals surface area contributed by atoms with Crippen LogP contribution >= 0.6 is 0 Å². The third-order valence-corrected chi connectivity index (χ3v) is 2.20. The third kappa shape index (κ3) is 2.20. The molecule has 0 aromatic carbocycles. The highest BCUT2D eigenvalue weighted by Crippen LogP contribution is 2.39. The molecule has 2 N–H and O–H groups in total. The van der Waals surface area contributed by atoms with Gasteiger partial charge in [0.05, 0.1) is 0 Å². The summed E-state index contributed by atoms with van der Waals surface area (Å²) >= 11 is 0. The van der Waals surface area contributed by atoms with E-state index >= 15 is 0 Å². The number of halogens is 1. The number of terminal acetylenes is 1. The average Bonchev–Trinajstić information content (AvgIpc) is 1.85. The fourth-order valence-electron chi connectivity index (χ4n) is 1.59. The van der Waals surface area contributed by atoms with Gasteiger partial charge in [0.25, 0.3) is 0 Å². The van der Waals surface area contributed by atoms with Crippen molar-refractivity contribution in [3.63, 3.8) is 0 Å². The molecular formula is C9H14FN. The van der Waals surface area contributed by atoms with Crippen molar-refractivity contribution in [2.45, 2.75) is 43.8 Å². The van der Waals surface area contributed by atoms with Crippen molar-refractivity contribution >= 4 is 0 Å². The first-order chi connectivity index (χ1) is 5.16. The Morgan fingerprint density at radius 2 is 2.27 bits per heavy atom. The molecule has 0 aromatic heterocycles. The van der Waals surface area contributed by atoms with Crippen molar-refractivity contribution in [2.24, 2.45) is 5.73 Å². The molecule has 0 aliphatic heterocycles. The van der Waals surface area contributed by atoms with E-state index in [0.717, 1.165) is 6.42 Å². The molecule has 0 atom stereocenters. The standard InChI is InChI=1S/C9H14FN/c1-2-3-4-5-9(10)6-8(11)7-9/h1,8H,3-7,11H2. The molecule has 1 fully saturated rings. The van der Waals surface area contributed by atoms with Gasteiger partial charge in [-0.15, -0.1) is 12.3 Å². The predicted molar refractivity (Wildman–Crippen MR) is 43.7 cm³/mol. The van der Waals surface area contributed by atoms with Gasteiger partial charge in [-0.05, 0) is 25.7 Å². The maximum absolute atomic E-state index is 13.3. The van der Waals surface area contributed by atoms with Crippen molar-refractivity contribution in [1.82, 2.24) is 0 Å². The fraction of sp³-hybridized carbons (Fsp3) is 0.778. The lowest BCUT2D eigenvalue weighted by atomic mass is 9.75. The van der Waals surface area contributed by atoms with Crippen LogP contribution in [0.15, 0.2) is 0 Å². The van der Waals surface area contributed by atoms with E-state index in [1.54, 1.807) is 0 Å². The molecule has 0 unspecified atom stereocenters. The Labute approximate surface area is 67.2 Å². The van der Waals surface area contributed by atoms with Crippen LogP contribution in [0.1, 0.15) is 32.1 Å². The number of hydrogen-bond acceptors (Lipinski definition) is 1. The van der Waals surface area contributed by atoms with Gasteiger partial charge in [-0.2, -0.15) is 0 Å². The van der Waals surface area contributed by atoms with Gasteiger partial charge in [-0.25, -0.2) is 4.39 Å². The molecule has 1 nitrogen and oxygen atoms in total. The Morgan fingerprint density at radius 1 is 1.64 bits per heavy atom. The Morgan fingerprint density at radius 3 is 2.73 bits per heavy atom. The Balaban J connectivity index is 2.12. The minimum atomic E-state index is -0.976. The van der Waals surface area contributed by atoms with E-state index in [4.69, 9.17) is 12.2 Å².